The maximum Gasteiger partial charge on any atom is 0.238 e. The molecule has 0 atom stereocenters. The first-order valence-electron chi connectivity index (χ1n) is 7.17. The minimum Gasteiger partial charge on any atom is -0.370 e. The van der Waals surface area contributed by atoms with Crippen LogP contribution in [-0.4, -0.2) is 31.1 Å². The first kappa shape index (κ1) is 17.4. The van der Waals surface area contributed by atoms with Crippen molar-refractivity contribution in [3.05, 3.63) is 24.0 Å². The molecule has 0 spiro atoms. The number of hydrogen-bond acceptors (Lipinski definition) is 3. The topological polar surface area (TPSA) is 44.4 Å². The predicted octanol–water partition coefficient (Wildman–Crippen LogP) is 3.00. The molecule has 0 fully saturated rings. The third kappa shape index (κ3) is 5.71. The van der Waals surface area contributed by atoms with E-state index in [1.54, 1.807) is 12.1 Å². The third-order valence-electron chi connectivity index (χ3n) is 3.17. The molecular formula is C16H26FN3O. The van der Waals surface area contributed by atoms with Gasteiger partial charge in [0.1, 0.15) is 5.82 Å². The van der Waals surface area contributed by atoms with Crippen LogP contribution in [0.15, 0.2) is 18.2 Å². The van der Waals surface area contributed by atoms with Crippen molar-refractivity contribution < 1.29 is 9.18 Å². The van der Waals surface area contributed by atoms with Crippen LogP contribution < -0.4 is 15.5 Å². The van der Waals surface area contributed by atoms with E-state index >= 15 is 0 Å². The lowest BCUT2D eigenvalue weighted by molar-refractivity contribution is -0.115. The molecule has 5 heteroatoms. The molecule has 1 amide bonds. The Morgan fingerprint density at radius 3 is 2.43 bits per heavy atom. The Morgan fingerprint density at radius 1 is 1.33 bits per heavy atom. The van der Waals surface area contributed by atoms with E-state index < -0.39 is 0 Å². The van der Waals surface area contributed by atoms with Gasteiger partial charge < -0.3 is 15.5 Å². The van der Waals surface area contributed by atoms with Crippen molar-refractivity contribution >= 4 is 17.3 Å². The van der Waals surface area contributed by atoms with Gasteiger partial charge in [-0.2, -0.15) is 0 Å². The molecule has 0 aliphatic rings. The number of carbonyl (C=O) groups is 1. The highest BCUT2D eigenvalue weighted by Gasteiger charge is 2.14. The molecule has 21 heavy (non-hydrogen) atoms. The van der Waals surface area contributed by atoms with E-state index in [4.69, 9.17) is 0 Å². The second-order valence-electron chi connectivity index (χ2n) is 6.52. The average Bonchev–Trinajstić information content (AvgIpc) is 2.35. The van der Waals surface area contributed by atoms with Crippen molar-refractivity contribution in [1.82, 2.24) is 5.32 Å². The number of rotatable bonds is 5. The number of anilines is 2. The van der Waals surface area contributed by atoms with Gasteiger partial charge in [0.2, 0.25) is 5.91 Å². The Balaban J connectivity index is 2.70. The highest BCUT2D eigenvalue weighted by atomic mass is 19.1. The Morgan fingerprint density at radius 2 is 1.95 bits per heavy atom. The molecule has 0 radical (unpaired) electrons. The lowest BCUT2D eigenvalue weighted by Crippen LogP contribution is -2.41. The van der Waals surface area contributed by atoms with E-state index in [-0.39, 0.29) is 29.8 Å². The van der Waals surface area contributed by atoms with Crippen molar-refractivity contribution in [2.24, 2.45) is 0 Å². The Bertz CT molecular complexity index is 495. The minimum atomic E-state index is -0.340. The van der Waals surface area contributed by atoms with Crippen LogP contribution in [0.5, 0.6) is 0 Å². The molecule has 2 N–H and O–H groups in total. The van der Waals surface area contributed by atoms with Crippen molar-refractivity contribution in [3.63, 3.8) is 0 Å². The summed E-state index contributed by atoms with van der Waals surface area (Å²) in [6, 6.07) is 4.95. The molecule has 0 unspecified atom stereocenters. The van der Waals surface area contributed by atoms with Crippen molar-refractivity contribution in [3.8, 4) is 0 Å². The van der Waals surface area contributed by atoms with Gasteiger partial charge >= 0.3 is 0 Å². The van der Waals surface area contributed by atoms with Gasteiger partial charge in [-0.1, -0.05) is 0 Å². The molecule has 0 aliphatic carbocycles. The monoisotopic (exact) mass is 295 g/mol. The van der Waals surface area contributed by atoms with Gasteiger partial charge in [-0.3, -0.25) is 4.79 Å². The van der Waals surface area contributed by atoms with Crippen LogP contribution in [0.1, 0.15) is 34.6 Å². The Labute approximate surface area is 126 Å². The molecule has 118 valence electrons. The summed E-state index contributed by atoms with van der Waals surface area (Å²) in [5.41, 5.74) is 0.858. The second-order valence-corrected chi connectivity index (χ2v) is 6.52. The fourth-order valence-electron chi connectivity index (χ4n) is 1.70. The van der Waals surface area contributed by atoms with E-state index in [9.17, 15) is 9.18 Å². The van der Waals surface area contributed by atoms with E-state index in [2.05, 4.69) is 10.6 Å². The van der Waals surface area contributed by atoms with E-state index in [1.807, 2.05) is 46.6 Å². The third-order valence-corrected chi connectivity index (χ3v) is 3.17. The van der Waals surface area contributed by atoms with E-state index in [0.717, 1.165) is 0 Å². The van der Waals surface area contributed by atoms with Gasteiger partial charge in [0.15, 0.2) is 0 Å². The van der Waals surface area contributed by atoms with Crippen LogP contribution >= 0.6 is 0 Å². The SMILES string of the molecule is CC(C)N(C)c1ccc(NC(=O)CNC(C)(C)C)cc1F. The van der Waals surface area contributed by atoms with Crippen molar-refractivity contribution in [2.75, 3.05) is 23.8 Å². The van der Waals surface area contributed by atoms with Crippen LogP contribution in [0.2, 0.25) is 0 Å². The van der Waals surface area contributed by atoms with Crippen LogP contribution in [0.25, 0.3) is 0 Å². The number of amides is 1. The van der Waals surface area contributed by atoms with Crippen LogP contribution in [-0.2, 0) is 4.79 Å². The Kier molecular flexibility index (Phi) is 5.72. The zero-order valence-corrected chi connectivity index (χ0v) is 13.7. The minimum absolute atomic E-state index is 0.133. The fourth-order valence-corrected chi connectivity index (χ4v) is 1.70. The van der Waals surface area contributed by atoms with E-state index in [0.29, 0.717) is 11.4 Å². The van der Waals surface area contributed by atoms with Crippen LogP contribution in [0.4, 0.5) is 15.8 Å². The van der Waals surface area contributed by atoms with Gasteiger partial charge in [-0.05, 0) is 52.8 Å². The molecule has 0 aliphatic heterocycles. The zero-order chi connectivity index (χ0) is 16.2. The normalized spacial score (nSPS) is 11.6. The smallest absolute Gasteiger partial charge is 0.238 e. The lowest BCUT2D eigenvalue weighted by Gasteiger charge is -2.24. The van der Waals surface area contributed by atoms with Crippen molar-refractivity contribution in [1.29, 1.82) is 0 Å². The number of hydrogen-bond donors (Lipinski definition) is 2. The molecule has 0 aromatic heterocycles. The lowest BCUT2D eigenvalue weighted by atomic mass is 10.1. The average molecular weight is 295 g/mol. The Hall–Kier alpha value is -1.62. The maximum atomic E-state index is 14.1. The molecule has 1 rings (SSSR count). The fraction of sp³-hybridized carbons (Fsp3) is 0.562. The molecule has 0 saturated carbocycles. The second kappa shape index (κ2) is 6.89. The molecule has 0 heterocycles. The summed E-state index contributed by atoms with van der Waals surface area (Å²) in [5, 5.41) is 5.78. The highest BCUT2D eigenvalue weighted by molar-refractivity contribution is 5.92. The maximum absolute atomic E-state index is 14.1. The van der Waals surface area contributed by atoms with Gasteiger partial charge in [-0.15, -0.1) is 0 Å². The van der Waals surface area contributed by atoms with Crippen LogP contribution in [0.3, 0.4) is 0 Å². The van der Waals surface area contributed by atoms with E-state index in [1.165, 1.54) is 6.07 Å². The number of nitrogens with zero attached hydrogens (tertiary/aromatic N) is 1. The zero-order valence-electron chi connectivity index (χ0n) is 13.7. The summed E-state index contributed by atoms with van der Waals surface area (Å²) in [5.74, 6) is -0.526. The summed E-state index contributed by atoms with van der Waals surface area (Å²) in [7, 11) is 1.84. The van der Waals surface area contributed by atoms with Gasteiger partial charge in [-0.25, -0.2) is 4.39 Å². The van der Waals surface area contributed by atoms with Crippen molar-refractivity contribution in [2.45, 2.75) is 46.2 Å². The summed E-state index contributed by atoms with van der Waals surface area (Å²) in [6.45, 7) is 10.1. The van der Waals surface area contributed by atoms with Gasteiger partial charge in [0.25, 0.3) is 0 Å². The first-order chi connectivity index (χ1) is 9.60. The standard InChI is InChI=1S/C16H26FN3O/c1-11(2)20(6)14-8-7-12(9-13(14)17)19-15(21)10-18-16(3,4)5/h7-9,11,18H,10H2,1-6H3,(H,19,21). The summed E-state index contributed by atoms with van der Waals surface area (Å²) in [4.78, 5) is 13.6. The van der Waals surface area contributed by atoms with Gasteiger partial charge in [0.05, 0.1) is 12.2 Å². The largest absolute Gasteiger partial charge is 0.370 e. The summed E-state index contributed by atoms with van der Waals surface area (Å²) >= 11 is 0. The molecule has 4 nitrogen and oxygen atoms in total. The summed E-state index contributed by atoms with van der Waals surface area (Å²) in [6.07, 6.45) is 0. The highest BCUT2D eigenvalue weighted by Crippen LogP contribution is 2.23. The molecule has 0 bridgehead atoms. The first-order valence-corrected chi connectivity index (χ1v) is 7.17. The van der Waals surface area contributed by atoms with Gasteiger partial charge in [0, 0.05) is 24.3 Å². The number of nitrogens with one attached hydrogen (secondary N) is 2. The molecular weight excluding hydrogens is 269 g/mol. The predicted molar refractivity (Wildman–Crippen MR) is 86.3 cm³/mol. The molecule has 0 saturated heterocycles. The molecule has 1 aromatic rings. The quantitative estimate of drug-likeness (QED) is 0.877. The molecule has 1 aromatic carbocycles. The summed E-state index contributed by atoms with van der Waals surface area (Å²) < 4.78 is 14.1. The number of carbonyl (C=O) groups excluding carboxylic acids is 1. The van der Waals surface area contributed by atoms with Crippen LogP contribution in [0, 0.1) is 5.82 Å². The number of benzene rings is 1. The number of halogens is 1.